The molecule has 1 N–H and O–H groups in total. The van der Waals surface area contributed by atoms with Crippen molar-refractivity contribution in [2.45, 2.75) is 97.0 Å². The summed E-state index contributed by atoms with van der Waals surface area (Å²) in [6.45, 7) is 18.2. The van der Waals surface area contributed by atoms with Gasteiger partial charge in [-0.1, -0.05) is 53.7 Å². The van der Waals surface area contributed by atoms with Gasteiger partial charge in [0.05, 0.1) is 27.8 Å². The van der Waals surface area contributed by atoms with Crippen LogP contribution in [0.3, 0.4) is 0 Å². The van der Waals surface area contributed by atoms with Gasteiger partial charge in [0, 0.05) is 47.7 Å². The molecule has 0 saturated carbocycles. The second-order valence-corrected chi connectivity index (χ2v) is 20.8. The summed E-state index contributed by atoms with van der Waals surface area (Å²) in [5.74, 6) is -1.73. The number of nitrogens with one attached hydrogen (secondary N) is 1. The zero-order valence-electron chi connectivity index (χ0n) is 32.7. The second kappa shape index (κ2) is 15.8. The molecule has 2 heterocycles. The lowest BCUT2D eigenvalue weighted by molar-refractivity contribution is -0.165. The van der Waals surface area contributed by atoms with E-state index >= 15 is 0 Å². The second-order valence-electron chi connectivity index (χ2n) is 16.9. The first-order valence-electron chi connectivity index (χ1n) is 18.7. The lowest BCUT2D eigenvalue weighted by Gasteiger charge is -2.34. The predicted octanol–water partition coefficient (Wildman–Crippen LogP) is 7.60. The van der Waals surface area contributed by atoms with Crippen molar-refractivity contribution in [3.63, 3.8) is 0 Å². The summed E-state index contributed by atoms with van der Waals surface area (Å²) in [5, 5.41) is 4.21. The minimum atomic E-state index is -4.00. The smallest absolute Gasteiger partial charge is 0.332 e. The van der Waals surface area contributed by atoms with E-state index in [4.69, 9.17) is 9.57 Å². The molecule has 0 amide bonds. The molecule has 2 aliphatic heterocycles. The van der Waals surface area contributed by atoms with Crippen molar-refractivity contribution in [3.05, 3.63) is 41.3 Å². The summed E-state index contributed by atoms with van der Waals surface area (Å²) < 4.78 is 64.5. The van der Waals surface area contributed by atoms with Gasteiger partial charge in [0.25, 0.3) is 0 Å². The van der Waals surface area contributed by atoms with Gasteiger partial charge in [-0.3, -0.25) is 4.79 Å². The first kappa shape index (κ1) is 41.5. The number of nitroso groups, excluding NO2 is 1. The zero-order valence-corrected chi connectivity index (χ0v) is 34.3. The van der Waals surface area contributed by atoms with Crippen molar-refractivity contribution >= 4 is 64.9 Å². The van der Waals surface area contributed by atoms with Gasteiger partial charge >= 0.3 is 11.9 Å². The number of carbonyl (C=O) groups is 2. The van der Waals surface area contributed by atoms with E-state index in [0.717, 1.165) is 12.8 Å². The number of benzene rings is 3. The molecule has 5 rings (SSSR count). The maximum Gasteiger partial charge on any atom is 0.332 e. The molecule has 0 bridgehead atoms. The normalized spacial score (nSPS) is 22.6. The molecule has 0 aromatic heterocycles. The minimum Gasteiger partial charge on any atom is -0.460 e. The molecule has 13 nitrogen and oxygen atoms in total. The van der Waals surface area contributed by atoms with Crippen LogP contribution in [0.25, 0.3) is 21.5 Å². The van der Waals surface area contributed by atoms with Gasteiger partial charge < -0.3 is 9.57 Å². The van der Waals surface area contributed by atoms with E-state index < -0.39 is 43.5 Å². The summed E-state index contributed by atoms with van der Waals surface area (Å²) in [6, 6.07) is 8.63. The largest absolute Gasteiger partial charge is 0.460 e. The molecular weight excluding hydrogens is 733 g/mol. The quantitative estimate of drug-likeness (QED) is 0.0884. The van der Waals surface area contributed by atoms with Gasteiger partial charge in [0.1, 0.15) is 11.3 Å². The summed E-state index contributed by atoms with van der Waals surface area (Å²) in [7, 11) is -8.00. The van der Waals surface area contributed by atoms with E-state index in [0.29, 0.717) is 37.0 Å². The van der Waals surface area contributed by atoms with E-state index in [9.17, 15) is 31.3 Å². The average molecular weight is 787 g/mol. The Labute approximate surface area is 319 Å². The molecule has 296 valence electrons. The van der Waals surface area contributed by atoms with Crippen LogP contribution in [0.15, 0.2) is 51.4 Å². The number of esters is 1. The van der Waals surface area contributed by atoms with Crippen LogP contribution in [-0.4, -0.2) is 69.2 Å². The maximum absolute atomic E-state index is 14.0. The van der Waals surface area contributed by atoms with Crippen LogP contribution in [0, 0.1) is 40.4 Å². The number of anilines is 1. The predicted molar refractivity (Wildman–Crippen MR) is 209 cm³/mol. The fraction of sp³-hybridized carbons (Fsp3) is 0.590. The van der Waals surface area contributed by atoms with E-state index in [1.165, 1.54) is 45.0 Å². The molecule has 3 aromatic carbocycles. The molecule has 54 heavy (non-hydrogen) atoms. The Balaban J connectivity index is 1.62. The molecule has 15 heteroatoms. The van der Waals surface area contributed by atoms with E-state index in [1.807, 2.05) is 27.7 Å². The first-order valence-corrected chi connectivity index (χ1v) is 21.6. The number of ether oxygens (including phenoxy) is 1. The molecule has 5 atom stereocenters. The minimum absolute atomic E-state index is 0.0549. The topological polar surface area (TPSA) is 169 Å². The van der Waals surface area contributed by atoms with Crippen LogP contribution in [0.2, 0.25) is 0 Å². The molecular formula is C39H54N4O9S2. The maximum atomic E-state index is 14.0. The van der Waals surface area contributed by atoms with Gasteiger partial charge in [-0.05, 0) is 92.6 Å². The molecule has 0 aliphatic carbocycles. The van der Waals surface area contributed by atoms with Crippen molar-refractivity contribution in [1.29, 1.82) is 0 Å². The highest BCUT2D eigenvalue weighted by Gasteiger charge is 2.35. The average Bonchev–Trinajstić information content (AvgIpc) is 3.06. The lowest BCUT2D eigenvalue weighted by Crippen LogP contribution is -2.42. The van der Waals surface area contributed by atoms with Crippen molar-refractivity contribution in [3.8, 4) is 0 Å². The number of hydrogen-bond donors (Lipinski definition) is 1. The fourth-order valence-corrected chi connectivity index (χ4v) is 11.3. The molecule has 1 unspecified atom stereocenters. The van der Waals surface area contributed by atoms with Crippen LogP contribution in [0.5, 0.6) is 0 Å². The Bertz CT molecular complexity index is 2010. The monoisotopic (exact) mass is 786 g/mol. The third-order valence-electron chi connectivity index (χ3n) is 10.2. The number of piperidine rings is 2. The third-order valence-corrected chi connectivity index (χ3v) is 13.9. The van der Waals surface area contributed by atoms with Crippen LogP contribution in [-0.2, 0) is 39.2 Å². The molecule has 2 fully saturated rings. The van der Waals surface area contributed by atoms with Gasteiger partial charge in [-0.15, -0.1) is 4.91 Å². The highest BCUT2D eigenvalue weighted by molar-refractivity contribution is 7.89. The van der Waals surface area contributed by atoms with Gasteiger partial charge in [-0.25, -0.2) is 27.1 Å². The van der Waals surface area contributed by atoms with Crippen molar-refractivity contribution in [2.24, 2.45) is 40.7 Å². The fourth-order valence-electron chi connectivity index (χ4n) is 7.89. The van der Waals surface area contributed by atoms with Gasteiger partial charge in [0.2, 0.25) is 20.0 Å². The van der Waals surface area contributed by atoms with Crippen molar-refractivity contribution in [2.75, 3.05) is 31.7 Å². The number of hydrogen-bond acceptors (Lipinski definition) is 11. The molecule has 2 aliphatic rings. The summed E-state index contributed by atoms with van der Waals surface area (Å²) in [5.41, 5.74) is 1.99. The van der Waals surface area contributed by atoms with Crippen LogP contribution in [0.1, 0.15) is 81.6 Å². The van der Waals surface area contributed by atoms with Crippen LogP contribution >= 0.6 is 0 Å². The molecule has 0 radical (unpaired) electrons. The Kier molecular flexibility index (Phi) is 12.2. The number of rotatable bonds is 11. The number of nitrogens with zero attached hydrogens (tertiary/aromatic N) is 3. The van der Waals surface area contributed by atoms with Crippen LogP contribution < -0.4 is 5.48 Å². The van der Waals surface area contributed by atoms with E-state index in [-0.39, 0.29) is 67.9 Å². The Hall–Kier alpha value is -3.66. The van der Waals surface area contributed by atoms with E-state index in [2.05, 4.69) is 10.7 Å². The first-order chi connectivity index (χ1) is 25.1. The lowest BCUT2D eigenvalue weighted by atomic mass is 9.92. The molecule has 0 spiro atoms. The molecule has 3 aromatic rings. The van der Waals surface area contributed by atoms with Crippen molar-refractivity contribution in [1.82, 2.24) is 8.61 Å². The molecule has 2 saturated heterocycles. The number of sulfonamides is 2. The van der Waals surface area contributed by atoms with E-state index in [1.54, 1.807) is 34.6 Å². The third kappa shape index (κ3) is 8.90. The highest BCUT2D eigenvalue weighted by atomic mass is 32.2. The Morgan fingerprint density at radius 2 is 1.20 bits per heavy atom. The Morgan fingerprint density at radius 1 is 0.778 bits per heavy atom. The van der Waals surface area contributed by atoms with Crippen molar-refractivity contribution < 1.29 is 36.0 Å². The number of fused-ring (bicyclic) bond motifs is 2. The Morgan fingerprint density at radius 3 is 1.57 bits per heavy atom. The van der Waals surface area contributed by atoms with Gasteiger partial charge in [0.15, 0.2) is 0 Å². The standard InChI is InChI=1S/C39H54N4O9S2/c1-23(2)32(38(45)51-39(7,8)9)18-35(44)52-41-37-30-12-10-28(53(47,48)42-19-24(3)14-25(4)20-42)16-33(30)36(40-46)34-17-29(11-13-31(34)37)54(49,50)43-21-26(5)15-27(6)22-43/h10-13,16-17,23-27,32,41H,14-15,18-22H2,1-9H3/t24-,25+,26-,27+,32?. The summed E-state index contributed by atoms with van der Waals surface area (Å²) in [4.78, 5) is 44.4. The SMILES string of the molecule is CC(C)C(CC(=O)ONc1c2ccc(S(=O)(=O)N3C[C@H](C)C[C@H](C)C3)cc2c(N=O)c2cc(S(=O)(=O)N3C[C@H](C)C[C@H](C)C3)ccc12)C(=O)OC(C)(C)C. The summed E-state index contributed by atoms with van der Waals surface area (Å²) in [6.07, 6.45) is 1.51. The number of carbonyl (C=O) groups excluding carboxylic acids is 2. The highest BCUT2D eigenvalue weighted by Crippen LogP contribution is 2.44. The zero-order chi connectivity index (χ0) is 39.9. The summed E-state index contributed by atoms with van der Waals surface area (Å²) >= 11 is 0. The van der Waals surface area contributed by atoms with Gasteiger partial charge in [-0.2, -0.15) is 8.61 Å². The van der Waals surface area contributed by atoms with Crippen LogP contribution in [0.4, 0.5) is 11.4 Å².